The number of ketones is 1. The molecule has 0 aromatic carbocycles. The van der Waals surface area contributed by atoms with Crippen LogP contribution in [0.25, 0.3) is 0 Å². The number of rotatable bonds is 4. The van der Waals surface area contributed by atoms with E-state index in [1.807, 2.05) is 6.92 Å². The van der Waals surface area contributed by atoms with Crippen molar-refractivity contribution in [1.82, 2.24) is 0 Å². The Morgan fingerprint density at radius 3 is 2.45 bits per heavy atom. The standard InChI is InChI=1S/C9H17NO/c1-2-4-8(11)9(7-10)5-3-6-9/h2-7,10H2,1H3. The lowest BCUT2D eigenvalue weighted by atomic mass is 9.65. The van der Waals surface area contributed by atoms with Gasteiger partial charge in [0.1, 0.15) is 5.78 Å². The van der Waals surface area contributed by atoms with Crippen molar-refractivity contribution in [1.29, 1.82) is 0 Å². The Morgan fingerprint density at radius 2 is 2.18 bits per heavy atom. The van der Waals surface area contributed by atoms with Crippen LogP contribution in [0, 0.1) is 5.41 Å². The second kappa shape index (κ2) is 3.35. The van der Waals surface area contributed by atoms with Crippen molar-refractivity contribution < 1.29 is 4.79 Å². The molecule has 1 aliphatic rings. The van der Waals surface area contributed by atoms with Crippen LogP contribution in [0.1, 0.15) is 39.0 Å². The Labute approximate surface area is 68.2 Å². The predicted octanol–water partition coefficient (Wildman–Crippen LogP) is 1.48. The van der Waals surface area contributed by atoms with Crippen molar-refractivity contribution in [3.05, 3.63) is 0 Å². The molecule has 0 saturated heterocycles. The molecule has 1 fully saturated rings. The number of hydrogen-bond donors (Lipinski definition) is 1. The molecule has 2 heteroatoms. The average molecular weight is 155 g/mol. The van der Waals surface area contributed by atoms with Gasteiger partial charge < -0.3 is 5.73 Å². The minimum absolute atomic E-state index is 0.0873. The third-order valence-corrected chi connectivity index (χ3v) is 2.77. The van der Waals surface area contributed by atoms with Crippen molar-refractivity contribution in [2.45, 2.75) is 39.0 Å². The minimum atomic E-state index is -0.0873. The van der Waals surface area contributed by atoms with E-state index in [4.69, 9.17) is 5.73 Å². The molecular weight excluding hydrogens is 138 g/mol. The Kier molecular flexibility index (Phi) is 2.66. The molecule has 0 amide bonds. The smallest absolute Gasteiger partial charge is 0.140 e. The molecule has 0 spiro atoms. The highest BCUT2D eigenvalue weighted by Crippen LogP contribution is 2.41. The maximum absolute atomic E-state index is 11.5. The van der Waals surface area contributed by atoms with Crippen LogP contribution in [0.4, 0.5) is 0 Å². The summed E-state index contributed by atoms with van der Waals surface area (Å²) in [5.74, 6) is 0.397. The predicted molar refractivity (Wildman–Crippen MR) is 45.3 cm³/mol. The van der Waals surface area contributed by atoms with Crippen molar-refractivity contribution in [3.63, 3.8) is 0 Å². The first-order valence-electron chi connectivity index (χ1n) is 4.48. The van der Waals surface area contributed by atoms with E-state index in [-0.39, 0.29) is 5.41 Å². The number of nitrogens with two attached hydrogens (primary N) is 1. The zero-order valence-electron chi connectivity index (χ0n) is 7.23. The fourth-order valence-corrected chi connectivity index (χ4v) is 1.69. The number of carbonyl (C=O) groups excluding carboxylic acids is 1. The van der Waals surface area contributed by atoms with Gasteiger partial charge in [0, 0.05) is 18.4 Å². The first-order valence-corrected chi connectivity index (χ1v) is 4.48. The molecule has 0 aromatic heterocycles. The van der Waals surface area contributed by atoms with E-state index in [1.54, 1.807) is 0 Å². The summed E-state index contributed by atoms with van der Waals surface area (Å²) >= 11 is 0. The van der Waals surface area contributed by atoms with Gasteiger partial charge in [-0.3, -0.25) is 4.79 Å². The molecule has 0 aromatic rings. The first kappa shape index (κ1) is 8.72. The van der Waals surface area contributed by atoms with E-state index >= 15 is 0 Å². The van der Waals surface area contributed by atoms with E-state index in [0.717, 1.165) is 25.7 Å². The Hall–Kier alpha value is -0.370. The molecule has 0 unspecified atom stereocenters. The quantitative estimate of drug-likeness (QED) is 0.668. The molecule has 0 heterocycles. The van der Waals surface area contributed by atoms with Gasteiger partial charge >= 0.3 is 0 Å². The zero-order chi connectivity index (χ0) is 8.32. The van der Waals surface area contributed by atoms with Gasteiger partial charge in [0.05, 0.1) is 0 Å². The monoisotopic (exact) mass is 155 g/mol. The number of carbonyl (C=O) groups is 1. The molecular formula is C9H17NO. The molecule has 1 rings (SSSR count). The summed E-state index contributed by atoms with van der Waals surface area (Å²) in [7, 11) is 0. The van der Waals surface area contributed by atoms with Crippen LogP contribution >= 0.6 is 0 Å². The molecule has 2 nitrogen and oxygen atoms in total. The van der Waals surface area contributed by atoms with Gasteiger partial charge in [-0.25, -0.2) is 0 Å². The summed E-state index contributed by atoms with van der Waals surface area (Å²) in [6, 6.07) is 0. The van der Waals surface area contributed by atoms with E-state index in [1.165, 1.54) is 6.42 Å². The Bertz CT molecular complexity index is 144. The molecule has 0 bridgehead atoms. The van der Waals surface area contributed by atoms with Crippen molar-refractivity contribution >= 4 is 5.78 Å². The maximum Gasteiger partial charge on any atom is 0.140 e. The summed E-state index contributed by atoms with van der Waals surface area (Å²) in [6.07, 6.45) is 4.93. The number of hydrogen-bond acceptors (Lipinski definition) is 2. The summed E-state index contributed by atoms with van der Waals surface area (Å²) in [5, 5.41) is 0. The molecule has 1 saturated carbocycles. The maximum atomic E-state index is 11.5. The third kappa shape index (κ3) is 1.45. The van der Waals surface area contributed by atoms with Gasteiger partial charge in [-0.2, -0.15) is 0 Å². The van der Waals surface area contributed by atoms with E-state index in [0.29, 0.717) is 12.3 Å². The fourth-order valence-electron chi connectivity index (χ4n) is 1.69. The van der Waals surface area contributed by atoms with Gasteiger partial charge in [-0.05, 0) is 19.3 Å². The molecule has 11 heavy (non-hydrogen) atoms. The minimum Gasteiger partial charge on any atom is -0.329 e. The van der Waals surface area contributed by atoms with Crippen LogP contribution < -0.4 is 5.73 Å². The second-order valence-corrected chi connectivity index (χ2v) is 3.51. The first-order chi connectivity index (χ1) is 5.25. The molecule has 1 aliphatic carbocycles. The van der Waals surface area contributed by atoms with E-state index in [2.05, 4.69) is 0 Å². The van der Waals surface area contributed by atoms with Gasteiger partial charge in [-0.15, -0.1) is 0 Å². The highest BCUT2D eigenvalue weighted by Gasteiger charge is 2.41. The van der Waals surface area contributed by atoms with Crippen LogP contribution in [0.2, 0.25) is 0 Å². The lowest BCUT2D eigenvalue weighted by Crippen LogP contribution is -2.44. The van der Waals surface area contributed by atoms with Crippen molar-refractivity contribution in [2.24, 2.45) is 11.1 Å². The van der Waals surface area contributed by atoms with Gasteiger partial charge in [0.2, 0.25) is 0 Å². The lowest BCUT2D eigenvalue weighted by Gasteiger charge is -2.39. The van der Waals surface area contributed by atoms with Gasteiger partial charge in [-0.1, -0.05) is 13.3 Å². The molecule has 2 N–H and O–H groups in total. The normalized spacial score (nSPS) is 20.9. The van der Waals surface area contributed by atoms with Crippen molar-refractivity contribution in [2.75, 3.05) is 6.54 Å². The third-order valence-electron chi connectivity index (χ3n) is 2.77. The van der Waals surface area contributed by atoms with Crippen LogP contribution in [0.5, 0.6) is 0 Å². The van der Waals surface area contributed by atoms with Crippen LogP contribution in [0.3, 0.4) is 0 Å². The average Bonchev–Trinajstić information content (AvgIpc) is 1.87. The molecule has 0 atom stereocenters. The topological polar surface area (TPSA) is 43.1 Å². The SMILES string of the molecule is CCCC(=O)C1(CN)CCC1. The van der Waals surface area contributed by atoms with Crippen LogP contribution in [-0.4, -0.2) is 12.3 Å². The van der Waals surface area contributed by atoms with Crippen molar-refractivity contribution in [3.8, 4) is 0 Å². The highest BCUT2D eigenvalue weighted by molar-refractivity contribution is 5.85. The largest absolute Gasteiger partial charge is 0.329 e. The fraction of sp³-hybridized carbons (Fsp3) is 0.889. The molecule has 64 valence electrons. The molecule has 0 aliphatic heterocycles. The summed E-state index contributed by atoms with van der Waals surface area (Å²) < 4.78 is 0. The summed E-state index contributed by atoms with van der Waals surface area (Å²) in [4.78, 5) is 11.5. The highest BCUT2D eigenvalue weighted by atomic mass is 16.1. The number of Topliss-reactive ketones (excluding diaryl/α,β-unsaturated/α-hetero) is 1. The van der Waals surface area contributed by atoms with Crippen LogP contribution in [0.15, 0.2) is 0 Å². The Balaban J connectivity index is 2.47. The summed E-state index contributed by atoms with van der Waals surface area (Å²) in [5.41, 5.74) is 5.49. The van der Waals surface area contributed by atoms with Gasteiger partial charge in [0.15, 0.2) is 0 Å². The lowest BCUT2D eigenvalue weighted by molar-refractivity contribution is -0.132. The van der Waals surface area contributed by atoms with Crippen LogP contribution in [-0.2, 0) is 4.79 Å². The zero-order valence-corrected chi connectivity index (χ0v) is 7.23. The van der Waals surface area contributed by atoms with E-state index in [9.17, 15) is 4.79 Å². The van der Waals surface area contributed by atoms with E-state index < -0.39 is 0 Å². The second-order valence-electron chi connectivity index (χ2n) is 3.51. The summed E-state index contributed by atoms with van der Waals surface area (Å²) in [6.45, 7) is 2.60. The Morgan fingerprint density at radius 1 is 1.55 bits per heavy atom. The molecule has 0 radical (unpaired) electrons. The van der Waals surface area contributed by atoms with Gasteiger partial charge in [0.25, 0.3) is 0 Å².